The Labute approximate surface area is 182 Å². The minimum Gasteiger partial charge on any atom is -0.496 e. The number of rotatable bonds is 8. The van der Waals surface area contributed by atoms with Crippen LogP contribution in [-0.2, 0) is 20.7 Å². The normalized spacial score (nSPS) is 10.7. The summed E-state index contributed by atoms with van der Waals surface area (Å²) in [7, 11) is 1.56. The number of ether oxygens (including phenoxy) is 2. The smallest absolute Gasteiger partial charge is 0.407 e. The molecule has 2 rings (SSSR count). The molecule has 2 aromatic carbocycles. The molecule has 0 aliphatic carbocycles. The zero-order valence-corrected chi connectivity index (χ0v) is 18.3. The summed E-state index contributed by atoms with van der Waals surface area (Å²) in [5.74, 6) is 0.182. The molecule has 8 heteroatoms. The highest BCUT2D eigenvalue weighted by Gasteiger charge is 2.16. The van der Waals surface area contributed by atoms with Gasteiger partial charge in [0.15, 0.2) is 0 Å². The molecule has 3 N–H and O–H groups in total. The van der Waals surface area contributed by atoms with Crippen LogP contribution in [0.5, 0.6) is 5.75 Å². The van der Waals surface area contributed by atoms with Gasteiger partial charge in [0.25, 0.3) is 0 Å². The lowest BCUT2D eigenvalue weighted by atomic mass is 10.1. The summed E-state index contributed by atoms with van der Waals surface area (Å²) in [4.78, 5) is 36.1. The molecule has 0 fully saturated rings. The average molecular weight is 428 g/mol. The monoisotopic (exact) mass is 427 g/mol. The maximum atomic E-state index is 12.4. The summed E-state index contributed by atoms with van der Waals surface area (Å²) < 4.78 is 10.4. The minimum atomic E-state index is -0.594. The van der Waals surface area contributed by atoms with Gasteiger partial charge in [-0.05, 0) is 45.0 Å². The number of nitrogens with one attached hydrogen (secondary N) is 3. The van der Waals surface area contributed by atoms with Crippen LogP contribution in [0.15, 0.2) is 48.5 Å². The van der Waals surface area contributed by atoms with Crippen molar-refractivity contribution < 1.29 is 23.9 Å². The Morgan fingerprint density at radius 2 is 1.55 bits per heavy atom. The molecule has 0 aliphatic rings. The summed E-state index contributed by atoms with van der Waals surface area (Å²) in [5, 5.41) is 8.10. The molecule has 0 aliphatic heterocycles. The second-order valence-corrected chi connectivity index (χ2v) is 7.84. The summed E-state index contributed by atoms with van der Waals surface area (Å²) in [5.41, 5.74) is 1.29. The van der Waals surface area contributed by atoms with Gasteiger partial charge in [-0.3, -0.25) is 9.59 Å². The van der Waals surface area contributed by atoms with Gasteiger partial charge in [0.1, 0.15) is 11.4 Å². The van der Waals surface area contributed by atoms with Crippen molar-refractivity contribution in [2.45, 2.75) is 39.2 Å². The predicted octanol–water partition coefficient (Wildman–Crippen LogP) is 3.73. The maximum absolute atomic E-state index is 12.4. The third kappa shape index (κ3) is 8.77. The number of carbonyl (C=O) groups excluding carboxylic acids is 3. The lowest BCUT2D eigenvalue weighted by Crippen LogP contribution is -2.34. The molecular formula is C23H29N3O5. The van der Waals surface area contributed by atoms with E-state index in [0.29, 0.717) is 17.1 Å². The van der Waals surface area contributed by atoms with Gasteiger partial charge in [-0.1, -0.05) is 24.3 Å². The van der Waals surface area contributed by atoms with Crippen LogP contribution in [0.25, 0.3) is 0 Å². The van der Waals surface area contributed by atoms with Crippen molar-refractivity contribution in [1.82, 2.24) is 5.32 Å². The molecule has 0 spiro atoms. The van der Waals surface area contributed by atoms with Crippen LogP contribution in [0.1, 0.15) is 32.8 Å². The Morgan fingerprint density at radius 3 is 2.19 bits per heavy atom. The zero-order valence-electron chi connectivity index (χ0n) is 18.3. The van der Waals surface area contributed by atoms with Crippen LogP contribution in [-0.4, -0.2) is 37.2 Å². The summed E-state index contributed by atoms with van der Waals surface area (Å²) in [6, 6.07) is 14.2. The number of carbonyl (C=O) groups is 3. The molecule has 0 saturated carbocycles. The van der Waals surface area contributed by atoms with E-state index in [1.165, 1.54) is 0 Å². The highest BCUT2D eigenvalue weighted by atomic mass is 16.6. The van der Waals surface area contributed by atoms with Crippen molar-refractivity contribution in [2.75, 3.05) is 24.3 Å². The number of alkyl carbamates (subject to hydrolysis) is 1. The molecule has 2 aromatic rings. The van der Waals surface area contributed by atoms with Crippen molar-refractivity contribution in [3.05, 3.63) is 54.1 Å². The van der Waals surface area contributed by atoms with E-state index in [-0.39, 0.29) is 31.2 Å². The molecule has 0 bridgehead atoms. The SMILES string of the molecule is COc1ccccc1CC(=O)Nc1cccc(NC(=O)CCNC(=O)OC(C)(C)C)c1. The van der Waals surface area contributed by atoms with Crippen LogP contribution in [0.2, 0.25) is 0 Å². The van der Waals surface area contributed by atoms with Crippen molar-refractivity contribution in [3.63, 3.8) is 0 Å². The Kier molecular flexibility index (Phi) is 8.43. The topological polar surface area (TPSA) is 106 Å². The lowest BCUT2D eigenvalue weighted by molar-refractivity contribution is -0.116. The largest absolute Gasteiger partial charge is 0.496 e. The molecule has 8 nitrogen and oxygen atoms in total. The number of hydrogen-bond donors (Lipinski definition) is 3. The maximum Gasteiger partial charge on any atom is 0.407 e. The van der Waals surface area contributed by atoms with Gasteiger partial charge in [-0.25, -0.2) is 4.79 Å². The molecule has 31 heavy (non-hydrogen) atoms. The summed E-state index contributed by atoms with van der Waals surface area (Å²) >= 11 is 0. The number of amides is 3. The molecule has 0 unspecified atom stereocenters. The van der Waals surface area contributed by atoms with Crippen LogP contribution in [0, 0.1) is 0 Å². The van der Waals surface area contributed by atoms with Crippen LogP contribution < -0.4 is 20.7 Å². The first-order valence-electron chi connectivity index (χ1n) is 9.95. The van der Waals surface area contributed by atoms with Crippen molar-refractivity contribution in [3.8, 4) is 5.75 Å². The molecule has 3 amide bonds. The fourth-order valence-electron chi connectivity index (χ4n) is 2.72. The fourth-order valence-corrected chi connectivity index (χ4v) is 2.72. The van der Waals surface area contributed by atoms with Crippen molar-refractivity contribution in [2.24, 2.45) is 0 Å². The van der Waals surface area contributed by atoms with Gasteiger partial charge < -0.3 is 25.4 Å². The van der Waals surface area contributed by atoms with E-state index in [2.05, 4.69) is 16.0 Å². The lowest BCUT2D eigenvalue weighted by Gasteiger charge is -2.19. The van der Waals surface area contributed by atoms with E-state index in [0.717, 1.165) is 5.56 Å². The van der Waals surface area contributed by atoms with E-state index in [1.54, 1.807) is 58.2 Å². The summed E-state index contributed by atoms with van der Waals surface area (Å²) in [6.45, 7) is 5.44. The molecule has 166 valence electrons. The van der Waals surface area contributed by atoms with Crippen LogP contribution in [0.4, 0.5) is 16.2 Å². The fraction of sp³-hybridized carbons (Fsp3) is 0.348. The average Bonchev–Trinajstić information content (AvgIpc) is 2.67. The molecule has 0 heterocycles. The molecule has 0 saturated heterocycles. The number of hydrogen-bond acceptors (Lipinski definition) is 5. The predicted molar refractivity (Wildman–Crippen MR) is 119 cm³/mol. The van der Waals surface area contributed by atoms with Crippen molar-refractivity contribution >= 4 is 29.3 Å². The van der Waals surface area contributed by atoms with Gasteiger partial charge in [0, 0.05) is 29.9 Å². The third-order valence-corrected chi connectivity index (χ3v) is 3.99. The van der Waals surface area contributed by atoms with E-state index in [1.807, 2.05) is 18.2 Å². The van der Waals surface area contributed by atoms with Crippen LogP contribution >= 0.6 is 0 Å². The van der Waals surface area contributed by atoms with E-state index in [9.17, 15) is 14.4 Å². The van der Waals surface area contributed by atoms with Gasteiger partial charge in [-0.15, -0.1) is 0 Å². The van der Waals surface area contributed by atoms with Gasteiger partial charge >= 0.3 is 6.09 Å². The Hall–Kier alpha value is -3.55. The first kappa shape index (κ1) is 23.7. The van der Waals surface area contributed by atoms with Gasteiger partial charge in [0.05, 0.1) is 13.5 Å². The highest BCUT2D eigenvalue weighted by Crippen LogP contribution is 2.19. The molecule has 0 aromatic heterocycles. The van der Waals surface area contributed by atoms with Gasteiger partial charge in [-0.2, -0.15) is 0 Å². The number of anilines is 2. The van der Waals surface area contributed by atoms with E-state index >= 15 is 0 Å². The number of para-hydroxylation sites is 1. The summed E-state index contributed by atoms with van der Waals surface area (Å²) in [6.07, 6.45) is -0.319. The highest BCUT2D eigenvalue weighted by molar-refractivity contribution is 5.95. The van der Waals surface area contributed by atoms with Crippen molar-refractivity contribution in [1.29, 1.82) is 0 Å². The number of methoxy groups -OCH3 is 1. The molecule has 0 radical (unpaired) electrons. The van der Waals surface area contributed by atoms with Crippen LogP contribution in [0.3, 0.4) is 0 Å². The van der Waals surface area contributed by atoms with E-state index < -0.39 is 11.7 Å². The van der Waals surface area contributed by atoms with E-state index in [4.69, 9.17) is 9.47 Å². The quantitative estimate of drug-likeness (QED) is 0.595. The standard InChI is InChI=1S/C23H29N3O5/c1-23(2,3)31-22(29)24-13-12-20(27)25-17-9-7-10-18(15-17)26-21(28)14-16-8-5-6-11-19(16)30-4/h5-11,15H,12-14H2,1-4H3,(H,24,29)(H,25,27)(H,26,28). The first-order valence-corrected chi connectivity index (χ1v) is 9.95. The first-order chi connectivity index (χ1) is 14.7. The second-order valence-electron chi connectivity index (χ2n) is 7.84. The molecule has 0 atom stereocenters. The number of benzene rings is 2. The Balaban J connectivity index is 1.83. The second kappa shape index (κ2) is 11.0. The zero-order chi connectivity index (χ0) is 22.9. The Bertz CT molecular complexity index is 921. The minimum absolute atomic E-state index is 0.0869. The molecular weight excluding hydrogens is 398 g/mol. The third-order valence-electron chi connectivity index (χ3n) is 3.99. The van der Waals surface area contributed by atoms with Gasteiger partial charge in [0.2, 0.25) is 11.8 Å². The Morgan fingerprint density at radius 1 is 0.903 bits per heavy atom.